The maximum Gasteiger partial charge on any atom is 0.391 e. The van der Waals surface area contributed by atoms with Gasteiger partial charge in [0.05, 0.1) is 11.5 Å². The van der Waals surface area contributed by atoms with Gasteiger partial charge in [0, 0.05) is 12.3 Å². The number of aromatic amines is 1. The minimum atomic E-state index is -3.89. The Bertz CT molecular complexity index is 784. The normalized spacial score (nSPS) is 13.1. The third kappa shape index (κ3) is 6.07. The summed E-state index contributed by atoms with van der Waals surface area (Å²) in [5.74, 6) is -1.75. The van der Waals surface area contributed by atoms with Crippen LogP contribution in [-0.4, -0.2) is 38.8 Å². The van der Waals surface area contributed by atoms with E-state index < -0.39 is 18.1 Å². The Hall–Kier alpha value is -2.62. The number of carboxylic acid groups (broad SMARTS) is 1. The van der Waals surface area contributed by atoms with E-state index in [0.29, 0.717) is 18.7 Å². The van der Waals surface area contributed by atoms with Crippen LogP contribution in [0.4, 0.5) is 13.2 Å². The van der Waals surface area contributed by atoms with Crippen LogP contribution in [0.25, 0.3) is 5.82 Å². The fourth-order valence-electron chi connectivity index (χ4n) is 1.60. The van der Waals surface area contributed by atoms with Crippen molar-refractivity contribution in [3.05, 3.63) is 45.5 Å². The van der Waals surface area contributed by atoms with Crippen molar-refractivity contribution in [2.24, 2.45) is 5.92 Å². The molecule has 7 nitrogen and oxygen atoms in total. The molecule has 1 aliphatic rings. The minimum absolute atomic E-state index is 0.0834. The number of rotatable bonds is 2. The largest absolute Gasteiger partial charge is 0.478 e. The first kappa shape index (κ1) is 20.4. The number of nitrogens with zero attached hydrogens (tertiary/aromatic N) is 2. The summed E-state index contributed by atoms with van der Waals surface area (Å²) in [6.45, 7) is 2.00. The first-order valence-corrected chi connectivity index (χ1v) is 7.09. The number of hydrogen-bond donors (Lipinski definition) is 2. The predicted molar refractivity (Wildman–Crippen MR) is 82.1 cm³/mol. The Balaban J connectivity index is 0.000000290. The quantitative estimate of drug-likeness (QED) is 0.780. The van der Waals surface area contributed by atoms with Gasteiger partial charge in [-0.1, -0.05) is 11.6 Å². The van der Waals surface area contributed by atoms with Crippen LogP contribution < -0.4 is 5.56 Å². The summed E-state index contributed by atoms with van der Waals surface area (Å²) in [5, 5.41) is 11.1. The molecule has 0 bridgehead atoms. The van der Waals surface area contributed by atoms with Crippen molar-refractivity contribution in [2.75, 3.05) is 0 Å². The molecule has 0 aliphatic heterocycles. The molecule has 25 heavy (non-hydrogen) atoms. The van der Waals surface area contributed by atoms with E-state index in [-0.39, 0.29) is 16.3 Å². The lowest BCUT2D eigenvalue weighted by molar-refractivity contribution is -0.147. The molecule has 3 rings (SSSR count). The molecule has 2 heterocycles. The molecule has 1 saturated carbocycles. The predicted octanol–water partition coefficient (Wildman–Crippen LogP) is 2.69. The minimum Gasteiger partial charge on any atom is -0.478 e. The van der Waals surface area contributed by atoms with Gasteiger partial charge < -0.3 is 9.90 Å². The lowest BCUT2D eigenvalue weighted by Gasteiger charge is -2.03. The van der Waals surface area contributed by atoms with Crippen molar-refractivity contribution in [2.45, 2.75) is 19.0 Å². The van der Waals surface area contributed by atoms with Crippen molar-refractivity contribution in [1.82, 2.24) is 14.8 Å². The van der Waals surface area contributed by atoms with Crippen molar-refractivity contribution in [3.63, 3.8) is 0 Å². The number of pyridine rings is 1. The number of carbonyl (C=O) groups excluding carboxylic acids is 1. The summed E-state index contributed by atoms with van der Waals surface area (Å²) in [4.78, 5) is 33.4. The second kappa shape index (κ2) is 8.47. The molecule has 0 unspecified atom stereocenters. The number of aromatic nitrogens is 3. The summed E-state index contributed by atoms with van der Waals surface area (Å²) < 4.78 is 35.1. The highest BCUT2D eigenvalue weighted by atomic mass is 35.5. The number of carboxylic acids is 1. The van der Waals surface area contributed by atoms with Crippen molar-refractivity contribution in [1.29, 1.82) is 0 Å². The smallest absolute Gasteiger partial charge is 0.391 e. The highest BCUT2D eigenvalue weighted by molar-refractivity contribution is 6.32. The standard InChI is InChI=1S/C9H6ClN3O3.C4H5F3.CH2O/c10-8-5(9(15)16)1-2-6(11-8)13-4-3-7(14)12-13;5-4(6,7)3-1-2-3;1-2/h1-4H,(H,12,14)(H,15,16);3H,1-2H2;1H2. The van der Waals surface area contributed by atoms with Gasteiger partial charge in [-0.3, -0.25) is 9.89 Å². The second-order valence-electron chi connectivity index (χ2n) is 4.79. The molecule has 136 valence electrons. The molecule has 2 N–H and O–H groups in total. The monoisotopic (exact) mass is 379 g/mol. The SMILES string of the molecule is C=O.FC(F)(F)C1CC1.O=C(O)c1ccc(-n2ccc(=O)[nH]2)nc1Cl. The van der Waals surface area contributed by atoms with E-state index in [1.54, 1.807) is 0 Å². The number of halogens is 4. The molecule has 0 radical (unpaired) electrons. The molecule has 0 aromatic carbocycles. The molecule has 2 aromatic rings. The average Bonchev–Trinajstić information content (AvgIpc) is 3.32. The maximum absolute atomic E-state index is 11.2. The molecule has 0 spiro atoms. The van der Waals surface area contributed by atoms with Crippen LogP contribution in [0.3, 0.4) is 0 Å². The van der Waals surface area contributed by atoms with E-state index in [2.05, 4.69) is 10.1 Å². The summed E-state index contributed by atoms with van der Waals surface area (Å²) in [7, 11) is 0. The Morgan fingerprint density at radius 3 is 2.24 bits per heavy atom. The number of carbonyl (C=O) groups is 2. The number of aromatic carboxylic acids is 1. The van der Waals surface area contributed by atoms with Crippen LogP contribution in [0.1, 0.15) is 23.2 Å². The lowest BCUT2D eigenvalue weighted by Crippen LogP contribution is -2.08. The van der Waals surface area contributed by atoms with Gasteiger partial charge in [0.1, 0.15) is 11.9 Å². The molecular weight excluding hydrogens is 367 g/mol. The van der Waals surface area contributed by atoms with Crippen molar-refractivity contribution in [3.8, 4) is 5.82 Å². The Morgan fingerprint density at radius 1 is 1.32 bits per heavy atom. The average molecular weight is 380 g/mol. The van der Waals surface area contributed by atoms with Gasteiger partial charge in [0.25, 0.3) is 5.56 Å². The molecule has 1 aliphatic carbocycles. The topological polar surface area (TPSA) is 105 Å². The molecule has 0 amide bonds. The van der Waals surface area contributed by atoms with Gasteiger partial charge in [0.15, 0.2) is 5.82 Å². The number of alkyl halides is 3. The fourth-order valence-corrected chi connectivity index (χ4v) is 1.83. The highest BCUT2D eigenvalue weighted by Gasteiger charge is 2.46. The number of hydrogen-bond acceptors (Lipinski definition) is 4. The van der Waals surface area contributed by atoms with Gasteiger partial charge in [-0.2, -0.15) is 13.2 Å². The van der Waals surface area contributed by atoms with Gasteiger partial charge in [-0.25, -0.2) is 14.5 Å². The van der Waals surface area contributed by atoms with E-state index in [0.717, 1.165) is 0 Å². The van der Waals surface area contributed by atoms with Crippen molar-refractivity contribution < 1.29 is 27.9 Å². The molecule has 11 heteroatoms. The van der Waals surface area contributed by atoms with E-state index in [1.165, 1.54) is 29.1 Å². The Kier molecular flexibility index (Phi) is 6.92. The van der Waals surface area contributed by atoms with E-state index >= 15 is 0 Å². The number of nitrogens with one attached hydrogen (secondary N) is 1. The van der Waals surface area contributed by atoms with Crippen LogP contribution in [0.15, 0.2) is 29.2 Å². The Morgan fingerprint density at radius 2 is 1.92 bits per heavy atom. The molecule has 0 saturated heterocycles. The van der Waals surface area contributed by atoms with E-state index in [1.807, 2.05) is 6.79 Å². The first-order chi connectivity index (χ1) is 11.7. The van der Waals surface area contributed by atoms with E-state index in [4.69, 9.17) is 21.5 Å². The number of H-pyrrole nitrogens is 1. The summed E-state index contributed by atoms with van der Waals surface area (Å²) in [6, 6.07) is 4.09. The van der Waals surface area contributed by atoms with Crippen LogP contribution in [-0.2, 0) is 4.79 Å². The first-order valence-electron chi connectivity index (χ1n) is 6.72. The van der Waals surface area contributed by atoms with Crippen LogP contribution >= 0.6 is 11.6 Å². The Labute approximate surface area is 144 Å². The van der Waals surface area contributed by atoms with Crippen LogP contribution in [0.2, 0.25) is 5.15 Å². The molecule has 0 atom stereocenters. The maximum atomic E-state index is 11.2. The zero-order chi connectivity index (χ0) is 19.2. The van der Waals surface area contributed by atoms with Gasteiger partial charge in [0.2, 0.25) is 0 Å². The zero-order valence-corrected chi connectivity index (χ0v) is 13.3. The van der Waals surface area contributed by atoms with Crippen LogP contribution in [0, 0.1) is 5.92 Å². The summed E-state index contributed by atoms with van der Waals surface area (Å²) in [6.07, 6.45) is -1.71. The molecular formula is C14H13ClF3N3O4. The van der Waals surface area contributed by atoms with E-state index in [9.17, 15) is 22.8 Å². The highest BCUT2D eigenvalue weighted by Crippen LogP contribution is 2.43. The van der Waals surface area contributed by atoms with Gasteiger partial charge >= 0.3 is 12.1 Å². The molecule has 2 aromatic heterocycles. The van der Waals surface area contributed by atoms with Crippen LogP contribution in [0.5, 0.6) is 0 Å². The third-order valence-electron chi connectivity index (χ3n) is 2.96. The second-order valence-corrected chi connectivity index (χ2v) is 5.15. The van der Waals surface area contributed by atoms with Gasteiger partial charge in [-0.05, 0) is 25.0 Å². The van der Waals surface area contributed by atoms with Gasteiger partial charge in [-0.15, -0.1) is 0 Å². The zero-order valence-electron chi connectivity index (χ0n) is 12.6. The summed E-state index contributed by atoms with van der Waals surface area (Å²) in [5.41, 5.74) is -0.361. The summed E-state index contributed by atoms with van der Waals surface area (Å²) >= 11 is 5.68. The third-order valence-corrected chi connectivity index (χ3v) is 3.25. The fraction of sp³-hybridized carbons (Fsp3) is 0.286. The van der Waals surface area contributed by atoms with Crippen molar-refractivity contribution >= 4 is 24.4 Å². The molecule has 1 fully saturated rings. The lowest BCUT2D eigenvalue weighted by atomic mass is 10.3.